The zero-order chi connectivity index (χ0) is 2.00. The van der Waals surface area contributed by atoms with Gasteiger partial charge in [0.15, 0.2) is 0 Å². The van der Waals surface area contributed by atoms with E-state index >= 15 is 0 Å². The summed E-state index contributed by atoms with van der Waals surface area (Å²) in [5, 5.41) is 0. The molecule has 0 spiro atoms. The van der Waals surface area contributed by atoms with Crippen LogP contribution in [-0.4, -0.2) is 11.0 Å². The molecule has 4 N–H and O–H groups in total. The summed E-state index contributed by atoms with van der Waals surface area (Å²) in [4.78, 5) is 7.50. The Balaban J connectivity index is -0.00000000167. The molecule has 0 rings (SSSR count). The van der Waals surface area contributed by atoms with Gasteiger partial charge in [-0.1, -0.05) is 5.59 Å². The summed E-state index contributed by atoms with van der Waals surface area (Å²) in [5.41, 5.74) is 4.50. The molecule has 0 aliphatic rings. The molecule has 0 aliphatic carbocycles. The van der Waals surface area contributed by atoms with Crippen LogP contribution < -0.4 is 29.6 Å². The smallest absolute Gasteiger partial charge is 0.870 e. The Morgan fingerprint density at radius 2 is 1.20 bits per heavy atom. The zero-order valence-electron chi connectivity index (χ0n) is 2.86. The molecular weight excluding hydrogens is 85.0 g/mol. The fraction of sp³-hybridized carbons (Fsp3) is 0. The molecule has 28 valence electrons. The van der Waals surface area contributed by atoms with Crippen molar-refractivity contribution in [3.8, 4) is 0 Å². The summed E-state index contributed by atoms with van der Waals surface area (Å²) in [6.45, 7) is 0. The Morgan fingerprint density at radius 1 is 1.20 bits per heavy atom. The van der Waals surface area contributed by atoms with Gasteiger partial charge in [-0.2, -0.15) is 4.91 Å². The van der Waals surface area contributed by atoms with Crippen molar-refractivity contribution < 1.29 is 40.5 Å². The number of hydrogen-bond acceptors (Lipinski definition) is 3. The predicted molar refractivity (Wildman–Crippen MR) is 11.6 cm³/mol. The van der Waals surface area contributed by atoms with Crippen LogP contribution in [0.25, 0.3) is 0 Å². The Morgan fingerprint density at radius 3 is 1.20 bits per heavy atom. The average molecular weight is 89.0 g/mol. The third kappa shape index (κ3) is 106. The summed E-state index contributed by atoms with van der Waals surface area (Å²) < 4.78 is 0. The third-order valence-electron chi connectivity index (χ3n) is 0. The van der Waals surface area contributed by atoms with Crippen LogP contribution in [0.5, 0.6) is 0 Å². The van der Waals surface area contributed by atoms with Crippen molar-refractivity contribution in [2.45, 2.75) is 0 Å². The zero-order valence-corrected chi connectivity index (χ0v) is 4.86. The van der Waals surface area contributed by atoms with Crippen molar-refractivity contribution in [2.24, 2.45) is 0 Å². The van der Waals surface area contributed by atoms with E-state index in [4.69, 9.17) is 4.91 Å². The fourth-order valence-electron chi connectivity index (χ4n) is 0. The van der Waals surface area contributed by atoms with Gasteiger partial charge in [0.05, 0.1) is 0 Å². The molecule has 0 aromatic heterocycles. The topological polar surface area (TPSA) is 102 Å². The van der Waals surface area contributed by atoms with Gasteiger partial charge >= 0.3 is 29.6 Å². The first-order chi connectivity index (χ1) is 1.00. The molecule has 0 heterocycles. The van der Waals surface area contributed by atoms with E-state index in [1.165, 1.54) is 0 Å². The van der Waals surface area contributed by atoms with E-state index in [9.17, 15) is 0 Å². The first-order valence-corrected chi connectivity index (χ1v) is 0.204. The Hall–Kier alpha value is 0.520. The van der Waals surface area contributed by atoms with Crippen LogP contribution in [0.2, 0.25) is 0 Å². The van der Waals surface area contributed by atoms with Crippen molar-refractivity contribution in [1.82, 2.24) is 0 Å². The van der Waals surface area contributed by atoms with E-state index in [1.54, 1.807) is 0 Å². The van der Waals surface area contributed by atoms with Gasteiger partial charge in [0.25, 0.3) is 0 Å². The van der Waals surface area contributed by atoms with Gasteiger partial charge in [0, 0.05) is 0 Å². The van der Waals surface area contributed by atoms with Crippen molar-refractivity contribution in [3.05, 3.63) is 4.91 Å². The maximum Gasteiger partial charge on any atom is 1.00 e. The third-order valence-corrected chi connectivity index (χ3v) is 0. The summed E-state index contributed by atoms with van der Waals surface area (Å²) in [6, 6.07) is 0. The van der Waals surface area contributed by atoms with Crippen LogP contribution in [0.4, 0.5) is 0 Å². The molecule has 0 aromatic carbocycles. The second-order valence-electron chi connectivity index (χ2n) is 0. The fourth-order valence-corrected chi connectivity index (χ4v) is 0. The monoisotopic (exact) mass is 89.0 g/mol. The summed E-state index contributed by atoms with van der Waals surface area (Å²) in [6.07, 6.45) is 0. The van der Waals surface area contributed by atoms with Gasteiger partial charge in [0.1, 0.15) is 0 Å². The van der Waals surface area contributed by atoms with E-state index < -0.39 is 0 Å². The van der Waals surface area contributed by atoms with Crippen LogP contribution >= 0.6 is 0 Å². The van der Waals surface area contributed by atoms with Gasteiger partial charge in [-0.3, -0.25) is 0 Å². The van der Waals surface area contributed by atoms with Gasteiger partial charge in [-0.15, -0.1) is 0 Å². The minimum absolute atomic E-state index is 0. The molecule has 0 aromatic rings. The second kappa shape index (κ2) is 207. The van der Waals surface area contributed by atoms with Crippen LogP contribution in [0.15, 0.2) is 0 Å². The van der Waals surface area contributed by atoms with E-state index in [0.717, 1.165) is 0 Å². The van der Waals surface area contributed by atoms with Crippen molar-refractivity contribution in [3.63, 3.8) is 0 Å². The number of nitroso groups, excluding NO2 is 1. The number of nitrogens with one attached hydrogen (secondary N) is 1. The SMILES string of the molecule is N=O.O.[Na+].[OH-]. The van der Waals surface area contributed by atoms with Crippen molar-refractivity contribution >= 4 is 0 Å². The van der Waals surface area contributed by atoms with Gasteiger partial charge in [-0.25, -0.2) is 0 Å². The number of rotatable bonds is 0. The first-order valence-electron chi connectivity index (χ1n) is 0.204. The molecule has 5 heteroatoms. The Kier molecular flexibility index (Phi) is 2020. The van der Waals surface area contributed by atoms with Crippen LogP contribution in [0.3, 0.4) is 0 Å². The molecule has 0 saturated carbocycles. The Labute approximate surface area is 51.2 Å². The standard InChI is InChI=1S/HNO.Na.2H2O/c1-2;;;/h1H;;2*1H2/q;+1;;/p-1. The average Bonchev–Trinajstić information content (AvgIpc) is 1.00. The van der Waals surface area contributed by atoms with Gasteiger partial charge < -0.3 is 11.0 Å². The van der Waals surface area contributed by atoms with E-state index in [2.05, 4.69) is 5.59 Å². The van der Waals surface area contributed by atoms with E-state index in [1.807, 2.05) is 0 Å². The molecule has 0 radical (unpaired) electrons. The molecule has 0 aliphatic heterocycles. The van der Waals surface area contributed by atoms with E-state index in [-0.39, 0.29) is 40.5 Å². The molecular formula is H4NNaO3. The molecule has 0 atom stereocenters. The molecule has 0 amide bonds. The first kappa shape index (κ1) is 48.8. The van der Waals surface area contributed by atoms with E-state index in [0.29, 0.717) is 0 Å². The Bertz CT molecular complexity index is 6.85. The van der Waals surface area contributed by atoms with Gasteiger partial charge in [-0.05, 0) is 0 Å². The molecule has 0 bridgehead atoms. The molecule has 0 saturated heterocycles. The van der Waals surface area contributed by atoms with Crippen molar-refractivity contribution in [2.75, 3.05) is 0 Å². The maximum absolute atomic E-state index is 7.50. The molecule has 5 heavy (non-hydrogen) atoms. The molecule has 0 unspecified atom stereocenters. The molecule has 0 fully saturated rings. The van der Waals surface area contributed by atoms with Crippen LogP contribution in [-0.2, 0) is 0 Å². The summed E-state index contributed by atoms with van der Waals surface area (Å²) >= 11 is 0. The second-order valence-corrected chi connectivity index (χ2v) is 0. The number of hydrogen-bond donors (Lipinski definition) is 1. The minimum atomic E-state index is 0. The van der Waals surface area contributed by atoms with Crippen LogP contribution in [0.1, 0.15) is 0 Å². The quantitative estimate of drug-likeness (QED) is 0.244. The minimum Gasteiger partial charge on any atom is -0.870 e. The van der Waals surface area contributed by atoms with Gasteiger partial charge in [0.2, 0.25) is 0 Å². The van der Waals surface area contributed by atoms with Crippen molar-refractivity contribution in [1.29, 1.82) is 5.59 Å². The maximum atomic E-state index is 7.50. The predicted octanol–water partition coefficient (Wildman–Crippen LogP) is -3.67. The molecule has 4 nitrogen and oxygen atoms in total. The summed E-state index contributed by atoms with van der Waals surface area (Å²) in [5.74, 6) is 0. The van der Waals surface area contributed by atoms with Crippen LogP contribution in [0, 0.1) is 10.5 Å². The largest absolute Gasteiger partial charge is 1.00 e. The summed E-state index contributed by atoms with van der Waals surface area (Å²) in [7, 11) is 0. The normalized spacial score (nSPS) is 0.800.